The third kappa shape index (κ3) is 5.35. The number of hydrogen-bond donors (Lipinski definition) is 2. The van der Waals surface area contributed by atoms with E-state index in [1.807, 2.05) is 14.0 Å². The lowest BCUT2D eigenvalue weighted by molar-refractivity contribution is 0.571. The third-order valence-corrected chi connectivity index (χ3v) is 7.26. The first-order valence-electron chi connectivity index (χ1n) is 5.93. The molecule has 0 spiro atoms. The molecule has 0 aliphatic rings. The van der Waals surface area contributed by atoms with Crippen LogP contribution in [0.3, 0.4) is 0 Å². The van der Waals surface area contributed by atoms with Crippen LogP contribution in [-0.4, -0.2) is 33.0 Å². The van der Waals surface area contributed by atoms with Crippen molar-refractivity contribution >= 4 is 49.1 Å². The van der Waals surface area contributed by atoms with E-state index in [1.54, 1.807) is 17.8 Å². The van der Waals surface area contributed by atoms with Gasteiger partial charge in [-0.25, -0.2) is 13.1 Å². The topological polar surface area (TPSA) is 58.2 Å². The van der Waals surface area contributed by atoms with E-state index in [0.29, 0.717) is 15.2 Å². The van der Waals surface area contributed by atoms with Crippen LogP contribution in [-0.2, 0) is 16.6 Å². The molecule has 0 amide bonds. The molecule has 0 aromatic carbocycles. The summed E-state index contributed by atoms with van der Waals surface area (Å²) >= 11 is 6.50. The lowest BCUT2D eigenvalue weighted by Gasteiger charge is -2.12. The van der Waals surface area contributed by atoms with Crippen LogP contribution in [0.15, 0.2) is 14.7 Å². The van der Waals surface area contributed by atoms with Crippen molar-refractivity contribution in [3.05, 3.63) is 14.7 Å². The lowest BCUT2D eigenvalue weighted by Crippen LogP contribution is -2.34. The van der Waals surface area contributed by atoms with Crippen LogP contribution < -0.4 is 10.0 Å². The van der Waals surface area contributed by atoms with Gasteiger partial charge in [-0.2, -0.15) is 11.8 Å². The van der Waals surface area contributed by atoms with Crippen molar-refractivity contribution in [2.24, 2.45) is 0 Å². The highest BCUT2D eigenvalue weighted by Crippen LogP contribution is 2.31. The molecule has 0 aliphatic carbocycles. The van der Waals surface area contributed by atoms with Crippen LogP contribution in [0, 0.1) is 0 Å². The third-order valence-electron chi connectivity index (χ3n) is 2.28. The van der Waals surface area contributed by atoms with Gasteiger partial charge >= 0.3 is 0 Å². The number of rotatable bonds is 8. The van der Waals surface area contributed by atoms with Gasteiger partial charge in [0.1, 0.15) is 4.90 Å². The summed E-state index contributed by atoms with van der Waals surface area (Å²) in [6.07, 6.45) is 0. The molecule has 0 saturated carbocycles. The predicted molar refractivity (Wildman–Crippen MR) is 87.6 cm³/mol. The number of halogens is 1. The average Bonchev–Trinajstić information content (AvgIpc) is 2.68. The minimum Gasteiger partial charge on any atom is -0.315 e. The van der Waals surface area contributed by atoms with Crippen molar-refractivity contribution in [2.45, 2.75) is 31.3 Å². The monoisotopic (exact) mass is 386 g/mol. The molecule has 0 saturated heterocycles. The fraction of sp³-hybridized carbons (Fsp3) is 0.636. The molecule has 1 heterocycles. The highest BCUT2D eigenvalue weighted by molar-refractivity contribution is 9.11. The minimum absolute atomic E-state index is 0.0745. The molecule has 4 nitrogen and oxygen atoms in total. The molecule has 110 valence electrons. The van der Waals surface area contributed by atoms with E-state index in [9.17, 15) is 8.42 Å². The van der Waals surface area contributed by atoms with Crippen molar-refractivity contribution in [1.29, 1.82) is 0 Å². The van der Waals surface area contributed by atoms with Gasteiger partial charge < -0.3 is 5.32 Å². The molecule has 1 aromatic rings. The van der Waals surface area contributed by atoms with Crippen LogP contribution in [0.5, 0.6) is 0 Å². The first kappa shape index (κ1) is 17.5. The van der Waals surface area contributed by atoms with E-state index in [2.05, 4.69) is 32.9 Å². The number of nitrogens with one attached hydrogen (secondary N) is 2. The zero-order chi connectivity index (χ0) is 14.5. The Morgan fingerprint density at radius 2 is 2.21 bits per heavy atom. The zero-order valence-electron chi connectivity index (χ0n) is 11.2. The Bertz CT molecular complexity index is 502. The van der Waals surface area contributed by atoms with Gasteiger partial charge in [0.2, 0.25) is 10.0 Å². The summed E-state index contributed by atoms with van der Waals surface area (Å²) < 4.78 is 27.9. The second-order valence-electron chi connectivity index (χ2n) is 4.06. The summed E-state index contributed by atoms with van der Waals surface area (Å²) in [4.78, 5) is 1.32. The molecule has 0 aliphatic heterocycles. The van der Waals surface area contributed by atoms with Crippen LogP contribution in [0.4, 0.5) is 0 Å². The van der Waals surface area contributed by atoms with Crippen LogP contribution in [0.25, 0.3) is 0 Å². The van der Waals surface area contributed by atoms with Crippen molar-refractivity contribution in [3.8, 4) is 0 Å². The summed E-state index contributed by atoms with van der Waals surface area (Å²) in [6.45, 7) is 4.61. The lowest BCUT2D eigenvalue weighted by atomic mass is 10.4. The minimum atomic E-state index is -3.45. The second-order valence-corrected chi connectivity index (χ2v) is 9.52. The number of hydrogen-bond acceptors (Lipinski definition) is 5. The van der Waals surface area contributed by atoms with Gasteiger partial charge in [0.15, 0.2) is 0 Å². The molecule has 8 heteroatoms. The first-order chi connectivity index (χ1) is 8.90. The highest BCUT2D eigenvalue weighted by atomic mass is 79.9. The van der Waals surface area contributed by atoms with Crippen molar-refractivity contribution in [3.63, 3.8) is 0 Å². The molecule has 0 radical (unpaired) electrons. The highest BCUT2D eigenvalue weighted by Gasteiger charge is 2.22. The van der Waals surface area contributed by atoms with Crippen LogP contribution in [0.2, 0.25) is 0 Å². The summed E-state index contributed by atoms with van der Waals surface area (Å²) in [6, 6.07) is 1.64. The summed E-state index contributed by atoms with van der Waals surface area (Å²) in [7, 11) is -1.61. The van der Waals surface area contributed by atoms with Crippen LogP contribution >= 0.6 is 39.0 Å². The van der Waals surface area contributed by atoms with Gasteiger partial charge in [-0.15, -0.1) is 11.3 Å². The zero-order valence-corrected chi connectivity index (χ0v) is 15.2. The van der Waals surface area contributed by atoms with Crippen molar-refractivity contribution in [2.75, 3.05) is 18.6 Å². The fourth-order valence-corrected chi connectivity index (χ4v) is 6.22. The Hall–Kier alpha value is 0.400. The van der Waals surface area contributed by atoms with Gasteiger partial charge in [0, 0.05) is 23.2 Å². The van der Waals surface area contributed by atoms with Gasteiger partial charge in [0.05, 0.1) is 3.79 Å². The van der Waals surface area contributed by atoms with E-state index >= 15 is 0 Å². The van der Waals surface area contributed by atoms with Gasteiger partial charge in [-0.05, 0) is 41.7 Å². The predicted octanol–water partition coefficient (Wildman–Crippen LogP) is 2.65. The Kier molecular flexibility index (Phi) is 7.34. The van der Waals surface area contributed by atoms with E-state index in [1.165, 1.54) is 11.3 Å². The molecule has 1 atom stereocenters. The molecule has 0 fully saturated rings. The Labute approximate surface area is 131 Å². The maximum Gasteiger partial charge on any atom is 0.242 e. The van der Waals surface area contributed by atoms with E-state index < -0.39 is 10.0 Å². The number of thioether (sulfide) groups is 1. The molecule has 1 unspecified atom stereocenters. The fourth-order valence-electron chi connectivity index (χ4n) is 1.50. The SMILES string of the molecule is CCSCC(C)NS(=O)(=O)c1cc(CNC)sc1Br. The van der Waals surface area contributed by atoms with Crippen LogP contribution in [0.1, 0.15) is 18.7 Å². The molecule has 19 heavy (non-hydrogen) atoms. The maximum atomic E-state index is 12.3. The largest absolute Gasteiger partial charge is 0.315 e. The molecular weight excluding hydrogens is 368 g/mol. The van der Waals surface area contributed by atoms with Crippen molar-refractivity contribution in [1.82, 2.24) is 10.0 Å². The van der Waals surface area contributed by atoms with E-state index in [0.717, 1.165) is 16.4 Å². The maximum absolute atomic E-state index is 12.3. The number of sulfonamides is 1. The Morgan fingerprint density at radius 3 is 2.79 bits per heavy atom. The molecule has 2 N–H and O–H groups in total. The van der Waals surface area contributed by atoms with Crippen molar-refractivity contribution < 1.29 is 8.42 Å². The quantitative estimate of drug-likeness (QED) is 0.720. The normalized spacial score (nSPS) is 13.7. The van der Waals surface area contributed by atoms with Gasteiger partial charge in [-0.1, -0.05) is 6.92 Å². The molecule has 0 bridgehead atoms. The standard InChI is InChI=1S/C11H19BrN2O2S3/c1-4-17-7-8(2)14-19(15,16)10-5-9(6-13-3)18-11(10)12/h5,8,13-14H,4,6-7H2,1-3H3. The van der Waals surface area contributed by atoms with Gasteiger partial charge in [-0.3, -0.25) is 0 Å². The smallest absolute Gasteiger partial charge is 0.242 e. The molecule has 1 rings (SSSR count). The summed E-state index contributed by atoms with van der Waals surface area (Å²) in [5.74, 6) is 1.77. The average molecular weight is 387 g/mol. The van der Waals surface area contributed by atoms with Gasteiger partial charge in [0.25, 0.3) is 0 Å². The Morgan fingerprint density at radius 1 is 1.53 bits per heavy atom. The summed E-state index contributed by atoms with van der Waals surface area (Å²) in [5, 5.41) is 3.02. The second kappa shape index (κ2) is 7.99. The summed E-state index contributed by atoms with van der Waals surface area (Å²) in [5.41, 5.74) is 0. The van der Waals surface area contributed by atoms with E-state index in [-0.39, 0.29) is 6.04 Å². The van der Waals surface area contributed by atoms with E-state index in [4.69, 9.17) is 0 Å². The molecular formula is C11H19BrN2O2S3. The Balaban J connectivity index is 2.82. The molecule has 1 aromatic heterocycles. The first-order valence-corrected chi connectivity index (χ1v) is 10.2. The number of thiophene rings is 1.